The number of hydrogen-bond donors (Lipinski definition) is 0. The Kier molecular flexibility index (Phi) is 3.00. The Labute approximate surface area is 96.7 Å². The fourth-order valence-electron chi connectivity index (χ4n) is 3.11. The lowest BCUT2D eigenvalue weighted by Gasteiger charge is -2.24. The van der Waals surface area contributed by atoms with E-state index in [0.29, 0.717) is 12.5 Å². The molecule has 2 rings (SSSR count). The topological polar surface area (TPSA) is 44.1 Å². The molecule has 0 N–H and O–H groups in total. The molecule has 0 aromatic rings. The van der Waals surface area contributed by atoms with Crippen LogP contribution < -0.4 is 0 Å². The largest absolute Gasteiger partial charge is 0.337 e. The highest BCUT2D eigenvalue weighted by Crippen LogP contribution is 2.44. The molecule has 2 aliphatic rings. The lowest BCUT2D eigenvalue weighted by molar-refractivity contribution is -0.125. The number of likely N-dealkylation sites (tertiary alicyclic amines) is 1. The fourth-order valence-corrected chi connectivity index (χ4v) is 3.11. The van der Waals surface area contributed by atoms with Crippen LogP contribution in [0.3, 0.4) is 0 Å². The van der Waals surface area contributed by atoms with Crippen molar-refractivity contribution >= 4 is 5.91 Å². The number of amides is 1. The molecular formula is C13H18N2O. The van der Waals surface area contributed by atoms with Gasteiger partial charge in [-0.3, -0.25) is 4.79 Å². The van der Waals surface area contributed by atoms with Crippen LogP contribution in [0, 0.1) is 22.7 Å². The maximum atomic E-state index is 11.6. The molecule has 2 fully saturated rings. The summed E-state index contributed by atoms with van der Waals surface area (Å²) in [5.41, 5.74) is -0.269. The number of nitriles is 1. The summed E-state index contributed by atoms with van der Waals surface area (Å²) < 4.78 is 0. The van der Waals surface area contributed by atoms with E-state index in [2.05, 4.69) is 12.6 Å². The second-order valence-corrected chi connectivity index (χ2v) is 4.99. The molecule has 1 amide bonds. The number of carbonyl (C=O) groups is 1. The van der Waals surface area contributed by atoms with Gasteiger partial charge in [0.05, 0.1) is 11.5 Å². The molecule has 16 heavy (non-hydrogen) atoms. The van der Waals surface area contributed by atoms with Crippen LogP contribution in [0.4, 0.5) is 0 Å². The SMILES string of the molecule is C=CC(=O)N1CC2CCCCCC2(C#N)C1. The fraction of sp³-hybridized carbons (Fsp3) is 0.692. The Balaban J connectivity index is 2.19. The van der Waals surface area contributed by atoms with Crippen molar-refractivity contribution in [3.63, 3.8) is 0 Å². The number of rotatable bonds is 1. The third-order valence-corrected chi connectivity index (χ3v) is 4.08. The van der Waals surface area contributed by atoms with Gasteiger partial charge in [0.15, 0.2) is 0 Å². The molecule has 2 atom stereocenters. The maximum Gasteiger partial charge on any atom is 0.246 e. The summed E-state index contributed by atoms with van der Waals surface area (Å²) in [4.78, 5) is 13.4. The van der Waals surface area contributed by atoms with Crippen LogP contribution >= 0.6 is 0 Å². The van der Waals surface area contributed by atoms with E-state index in [4.69, 9.17) is 0 Å². The van der Waals surface area contributed by atoms with E-state index < -0.39 is 0 Å². The van der Waals surface area contributed by atoms with Gasteiger partial charge in [-0.1, -0.05) is 25.8 Å². The van der Waals surface area contributed by atoms with E-state index in [1.54, 1.807) is 4.90 Å². The van der Waals surface area contributed by atoms with Gasteiger partial charge >= 0.3 is 0 Å². The maximum absolute atomic E-state index is 11.6. The van der Waals surface area contributed by atoms with Crippen LogP contribution in [0.5, 0.6) is 0 Å². The molecular weight excluding hydrogens is 200 g/mol. The zero-order chi connectivity index (χ0) is 11.6. The summed E-state index contributed by atoms with van der Waals surface area (Å²) in [5.74, 6) is 0.353. The van der Waals surface area contributed by atoms with Crippen molar-refractivity contribution < 1.29 is 4.79 Å². The number of nitrogens with zero attached hydrogens (tertiary/aromatic N) is 2. The summed E-state index contributed by atoms with van der Waals surface area (Å²) in [5, 5.41) is 9.44. The second-order valence-electron chi connectivity index (χ2n) is 4.99. The van der Waals surface area contributed by atoms with Crippen LogP contribution in [-0.2, 0) is 4.79 Å². The molecule has 0 aromatic carbocycles. The van der Waals surface area contributed by atoms with Crippen LogP contribution in [0.15, 0.2) is 12.7 Å². The van der Waals surface area contributed by atoms with Gasteiger partial charge in [0.2, 0.25) is 5.91 Å². The van der Waals surface area contributed by atoms with Gasteiger partial charge in [-0.15, -0.1) is 0 Å². The van der Waals surface area contributed by atoms with Crippen molar-refractivity contribution in [1.29, 1.82) is 5.26 Å². The summed E-state index contributed by atoms with van der Waals surface area (Å²) in [7, 11) is 0. The average molecular weight is 218 g/mol. The van der Waals surface area contributed by atoms with Gasteiger partial charge in [0.1, 0.15) is 0 Å². The highest BCUT2D eigenvalue weighted by Gasteiger charge is 2.47. The molecule has 3 nitrogen and oxygen atoms in total. The third kappa shape index (κ3) is 1.73. The van der Waals surface area contributed by atoms with Crippen LogP contribution in [0.1, 0.15) is 32.1 Å². The third-order valence-electron chi connectivity index (χ3n) is 4.08. The Morgan fingerprint density at radius 3 is 3.00 bits per heavy atom. The lowest BCUT2D eigenvalue weighted by atomic mass is 9.76. The lowest BCUT2D eigenvalue weighted by Crippen LogP contribution is -2.30. The van der Waals surface area contributed by atoms with E-state index in [9.17, 15) is 10.1 Å². The van der Waals surface area contributed by atoms with Gasteiger partial charge in [-0.2, -0.15) is 5.26 Å². The molecule has 2 unspecified atom stereocenters. The monoisotopic (exact) mass is 218 g/mol. The van der Waals surface area contributed by atoms with Crippen LogP contribution in [0.2, 0.25) is 0 Å². The Morgan fingerprint density at radius 1 is 1.50 bits per heavy atom. The first-order valence-electron chi connectivity index (χ1n) is 6.04. The van der Waals surface area contributed by atoms with Gasteiger partial charge in [-0.05, 0) is 24.8 Å². The predicted octanol–water partition coefficient (Wildman–Crippen LogP) is 2.10. The summed E-state index contributed by atoms with van der Waals surface area (Å²) in [6, 6.07) is 2.50. The van der Waals surface area contributed by atoms with Crippen LogP contribution in [0.25, 0.3) is 0 Å². The first-order valence-corrected chi connectivity index (χ1v) is 6.04. The minimum atomic E-state index is -0.269. The minimum absolute atomic E-state index is 0.0253. The molecule has 0 aromatic heterocycles. The van der Waals surface area contributed by atoms with E-state index in [1.165, 1.54) is 18.9 Å². The molecule has 1 aliphatic heterocycles. The van der Waals surface area contributed by atoms with Gasteiger partial charge in [0, 0.05) is 13.1 Å². The Hall–Kier alpha value is -1.30. The number of fused-ring (bicyclic) bond motifs is 1. The van der Waals surface area contributed by atoms with E-state index in [-0.39, 0.29) is 11.3 Å². The molecule has 1 aliphatic carbocycles. The highest BCUT2D eigenvalue weighted by molar-refractivity contribution is 5.87. The smallest absolute Gasteiger partial charge is 0.246 e. The first kappa shape index (κ1) is 11.2. The van der Waals surface area contributed by atoms with Gasteiger partial charge in [-0.25, -0.2) is 0 Å². The molecule has 0 spiro atoms. The zero-order valence-corrected chi connectivity index (χ0v) is 9.61. The summed E-state index contributed by atoms with van der Waals surface area (Å²) in [6.07, 6.45) is 6.96. The summed E-state index contributed by atoms with van der Waals surface area (Å²) in [6.45, 7) is 4.87. The highest BCUT2D eigenvalue weighted by atomic mass is 16.2. The molecule has 0 radical (unpaired) electrons. The van der Waals surface area contributed by atoms with Crippen molar-refractivity contribution in [3.05, 3.63) is 12.7 Å². The normalized spacial score (nSPS) is 33.7. The predicted molar refractivity (Wildman–Crippen MR) is 61.4 cm³/mol. The number of carbonyl (C=O) groups excluding carboxylic acids is 1. The molecule has 1 saturated heterocycles. The standard InChI is InChI=1S/C13H18N2O/c1-2-12(16)15-8-11-6-4-3-5-7-13(11,9-14)10-15/h2,11H,1,3-8,10H2. The second kappa shape index (κ2) is 4.29. The van der Waals surface area contributed by atoms with Crippen molar-refractivity contribution in [2.24, 2.45) is 11.3 Å². The summed E-state index contributed by atoms with van der Waals surface area (Å²) >= 11 is 0. The van der Waals surface area contributed by atoms with E-state index in [0.717, 1.165) is 25.8 Å². The Bertz CT molecular complexity index is 344. The van der Waals surface area contributed by atoms with Crippen LogP contribution in [-0.4, -0.2) is 23.9 Å². The van der Waals surface area contributed by atoms with Crippen molar-refractivity contribution in [2.45, 2.75) is 32.1 Å². The van der Waals surface area contributed by atoms with Gasteiger partial charge < -0.3 is 4.90 Å². The molecule has 1 saturated carbocycles. The molecule has 1 heterocycles. The van der Waals surface area contributed by atoms with E-state index >= 15 is 0 Å². The minimum Gasteiger partial charge on any atom is -0.337 e. The molecule has 0 bridgehead atoms. The van der Waals surface area contributed by atoms with Gasteiger partial charge in [0.25, 0.3) is 0 Å². The molecule has 86 valence electrons. The zero-order valence-electron chi connectivity index (χ0n) is 9.61. The van der Waals surface area contributed by atoms with E-state index in [1.807, 2.05) is 0 Å². The first-order chi connectivity index (χ1) is 7.72. The average Bonchev–Trinajstić information content (AvgIpc) is 2.57. The molecule has 3 heteroatoms. The quantitative estimate of drug-likeness (QED) is 0.633. The number of hydrogen-bond acceptors (Lipinski definition) is 2. The van der Waals surface area contributed by atoms with Crippen molar-refractivity contribution in [3.8, 4) is 6.07 Å². The van der Waals surface area contributed by atoms with Crippen molar-refractivity contribution in [2.75, 3.05) is 13.1 Å². The Morgan fingerprint density at radius 2 is 2.31 bits per heavy atom. The van der Waals surface area contributed by atoms with Crippen molar-refractivity contribution in [1.82, 2.24) is 4.90 Å².